The molecule has 0 saturated carbocycles. The maximum atomic E-state index is 12.5. The van der Waals surface area contributed by atoms with Crippen LogP contribution in [-0.4, -0.2) is 58.1 Å². The highest BCUT2D eigenvalue weighted by atomic mass is 32.3. The molecular weight excluding hydrogens is 398 g/mol. The Labute approximate surface area is 161 Å². The predicted octanol–water partition coefficient (Wildman–Crippen LogP) is 2.86. The van der Waals surface area contributed by atoms with Crippen molar-refractivity contribution in [1.29, 1.82) is 0 Å². The third kappa shape index (κ3) is 4.24. The molecule has 1 fully saturated rings. The zero-order chi connectivity index (χ0) is 19.2. The molecule has 1 saturated heterocycles. The monoisotopic (exact) mass is 423 g/mol. The number of β-lactam (4-membered cyclic amide) rings is 1. The van der Waals surface area contributed by atoms with Gasteiger partial charge in [0, 0.05) is 6.61 Å². The van der Waals surface area contributed by atoms with Crippen LogP contribution in [0.3, 0.4) is 0 Å². The Morgan fingerprint density at radius 3 is 2.56 bits per heavy atom. The van der Waals surface area contributed by atoms with Crippen LogP contribution in [0.25, 0.3) is 0 Å². The minimum Gasteiger partial charge on any atom is -0.616 e. The van der Waals surface area contributed by atoms with E-state index in [1.165, 1.54) is 28.4 Å². The molecule has 0 unspecified atom stereocenters. The van der Waals surface area contributed by atoms with E-state index in [0.29, 0.717) is 15.9 Å². The van der Waals surface area contributed by atoms with Crippen LogP contribution >= 0.6 is 23.5 Å². The first-order chi connectivity index (χ1) is 11.4. The molecule has 10 heteroatoms. The highest BCUT2D eigenvalue weighted by molar-refractivity contribution is 8.26. The lowest BCUT2D eigenvalue weighted by Gasteiger charge is -2.44. The molecular formula is C15H25NO5S3Si. The number of rotatable bonds is 7. The summed E-state index contributed by atoms with van der Waals surface area (Å²) in [5.74, 6) is -1.63. The van der Waals surface area contributed by atoms with Gasteiger partial charge in [-0.05, 0) is 29.3 Å². The quantitative estimate of drug-likeness (QED) is 0.382. The zero-order valence-electron chi connectivity index (χ0n) is 15.3. The van der Waals surface area contributed by atoms with Gasteiger partial charge in [-0.25, -0.2) is 4.79 Å². The Kier molecular flexibility index (Phi) is 6.33. The van der Waals surface area contributed by atoms with E-state index in [9.17, 15) is 19.2 Å². The van der Waals surface area contributed by atoms with Crippen LogP contribution in [-0.2, 0) is 25.2 Å². The molecule has 142 valence electrons. The minimum atomic E-state index is -1.96. The van der Waals surface area contributed by atoms with Crippen LogP contribution < -0.4 is 0 Å². The number of carboxylic acids is 1. The van der Waals surface area contributed by atoms with Crippen LogP contribution in [0.2, 0.25) is 18.1 Å². The van der Waals surface area contributed by atoms with Crippen molar-refractivity contribution < 1.29 is 23.7 Å². The summed E-state index contributed by atoms with van der Waals surface area (Å²) >= 11 is 1.59. The summed E-state index contributed by atoms with van der Waals surface area (Å²) < 4.78 is 18.0. The van der Waals surface area contributed by atoms with Gasteiger partial charge in [0.05, 0.1) is 16.4 Å². The standard InChI is InChI=1S/C15H25NO5S3Si/c1-15(2,3)25(5,6)21-7-9-11(17)16-10(13(18)19)14(23-12(9)16)22-8-24(4)20/h9,12H,7-8H2,1-6H3,(H,18,19)/t9-,12+,24+/m0/s1. The van der Waals surface area contributed by atoms with Crippen molar-refractivity contribution in [3.8, 4) is 0 Å². The van der Waals surface area contributed by atoms with Gasteiger partial charge in [-0.15, -0.1) is 0 Å². The summed E-state index contributed by atoms with van der Waals surface area (Å²) in [5.41, 5.74) is 0.0269. The summed E-state index contributed by atoms with van der Waals surface area (Å²) in [4.78, 5) is 25.4. The Bertz CT molecular complexity index is 602. The number of thioether (sulfide) groups is 2. The molecule has 6 nitrogen and oxygen atoms in total. The van der Waals surface area contributed by atoms with E-state index in [-0.39, 0.29) is 27.9 Å². The highest BCUT2D eigenvalue weighted by Gasteiger charge is 2.56. The molecule has 0 aromatic rings. The molecule has 0 aromatic heterocycles. The average molecular weight is 424 g/mol. The number of fused-ring (bicyclic) bond motifs is 1. The average Bonchev–Trinajstić information content (AvgIpc) is 2.79. The Morgan fingerprint density at radius 1 is 1.48 bits per heavy atom. The topological polar surface area (TPSA) is 89.9 Å². The molecule has 2 rings (SSSR count). The van der Waals surface area contributed by atoms with E-state index < -0.39 is 25.5 Å². The summed E-state index contributed by atoms with van der Waals surface area (Å²) in [6.45, 7) is 11.0. The smallest absolute Gasteiger partial charge is 0.354 e. The lowest BCUT2D eigenvalue weighted by atomic mass is 9.99. The molecule has 0 aromatic carbocycles. The summed E-state index contributed by atoms with van der Waals surface area (Å²) in [6.07, 6.45) is 1.57. The molecule has 2 heterocycles. The number of hydrogen-bond donors (Lipinski definition) is 1. The normalized spacial score (nSPS) is 25.1. The number of amides is 1. The summed E-state index contributed by atoms with van der Waals surface area (Å²) in [5, 5.41) is 9.61. The lowest BCUT2D eigenvalue weighted by molar-refractivity contribution is -0.153. The van der Waals surface area contributed by atoms with E-state index >= 15 is 0 Å². The van der Waals surface area contributed by atoms with Crippen molar-refractivity contribution in [1.82, 2.24) is 4.90 Å². The molecule has 0 bridgehead atoms. The summed E-state index contributed by atoms with van der Waals surface area (Å²) in [6, 6.07) is 0. The second-order valence-corrected chi connectivity index (χ2v) is 16.7. The van der Waals surface area contributed by atoms with Crippen molar-refractivity contribution in [3.05, 3.63) is 9.93 Å². The zero-order valence-corrected chi connectivity index (χ0v) is 18.8. The Morgan fingerprint density at radius 2 is 2.08 bits per heavy atom. The number of nitrogens with zero attached hydrogens (tertiary/aromatic N) is 1. The third-order valence-corrected chi connectivity index (χ3v) is 13.4. The number of carboxylic acid groups (broad SMARTS) is 1. The van der Waals surface area contributed by atoms with Gasteiger partial charge in [-0.1, -0.05) is 44.3 Å². The first-order valence-electron chi connectivity index (χ1n) is 7.91. The van der Waals surface area contributed by atoms with Gasteiger partial charge >= 0.3 is 5.97 Å². The van der Waals surface area contributed by atoms with Crippen LogP contribution in [0.5, 0.6) is 0 Å². The third-order valence-electron chi connectivity index (χ3n) is 4.80. The fourth-order valence-corrected chi connectivity index (χ4v) is 6.89. The van der Waals surface area contributed by atoms with Crippen LogP contribution in [0.4, 0.5) is 0 Å². The largest absolute Gasteiger partial charge is 0.616 e. The van der Waals surface area contributed by atoms with Gasteiger partial charge in [0.2, 0.25) is 5.91 Å². The predicted molar refractivity (Wildman–Crippen MR) is 106 cm³/mol. The molecule has 2 aliphatic rings. The first kappa shape index (κ1) is 21.2. The lowest BCUT2D eigenvalue weighted by Crippen LogP contribution is -2.60. The van der Waals surface area contributed by atoms with Gasteiger partial charge in [0.1, 0.15) is 5.37 Å². The van der Waals surface area contributed by atoms with Crippen molar-refractivity contribution in [2.45, 2.75) is 44.3 Å². The van der Waals surface area contributed by atoms with E-state index in [1.807, 2.05) is 0 Å². The molecule has 25 heavy (non-hydrogen) atoms. The van der Waals surface area contributed by atoms with Crippen LogP contribution in [0.15, 0.2) is 9.93 Å². The van der Waals surface area contributed by atoms with Crippen molar-refractivity contribution in [2.75, 3.05) is 17.9 Å². The van der Waals surface area contributed by atoms with Crippen LogP contribution in [0, 0.1) is 5.92 Å². The molecule has 0 radical (unpaired) electrons. The number of carbonyl (C=O) groups excluding carboxylic acids is 1. The second-order valence-electron chi connectivity index (χ2n) is 7.67. The SMILES string of the molecule is C[S@@+]([O-])CSC1=C(C(=O)O)N2C(=O)[C@H](CO[Si](C)(C)C(C)(C)C)[C@H]2S1. The highest BCUT2D eigenvalue weighted by Crippen LogP contribution is 2.53. The van der Waals surface area contributed by atoms with E-state index in [2.05, 4.69) is 33.9 Å². The Balaban J connectivity index is 2.06. The van der Waals surface area contributed by atoms with Gasteiger partial charge in [0.25, 0.3) is 0 Å². The van der Waals surface area contributed by atoms with Gasteiger partial charge in [-0.3, -0.25) is 9.69 Å². The van der Waals surface area contributed by atoms with Crippen LogP contribution in [0.1, 0.15) is 20.8 Å². The Hall–Kier alpha value is -0.133. The number of carbonyl (C=O) groups is 2. The van der Waals surface area contributed by atoms with E-state index in [0.717, 1.165) is 0 Å². The van der Waals surface area contributed by atoms with Crippen molar-refractivity contribution >= 4 is 54.9 Å². The molecule has 1 amide bonds. The fraction of sp³-hybridized carbons (Fsp3) is 0.733. The fourth-order valence-electron chi connectivity index (χ4n) is 2.26. The molecule has 0 spiro atoms. The maximum absolute atomic E-state index is 12.5. The van der Waals surface area contributed by atoms with Gasteiger partial charge in [-0.2, -0.15) is 0 Å². The summed E-state index contributed by atoms with van der Waals surface area (Å²) in [7, 11) is -1.96. The minimum absolute atomic E-state index is 0.0269. The van der Waals surface area contributed by atoms with Crippen molar-refractivity contribution in [3.63, 3.8) is 0 Å². The second kappa shape index (κ2) is 7.47. The van der Waals surface area contributed by atoms with E-state index in [1.54, 1.807) is 6.26 Å². The molecule has 0 aliphatic carbocycles. The number of hydrogen-bond acceptors (Lipinski definition) is 6. The molecule has 1 N–H and O–H groups in total. The van der Waals surface area contributed by atoms with Gasteiger partial charge in [0.15, 0.2) is 19.1 Å². The van der Waals surface area contributed by atoms with E-state index in [4.69, 9.17) is 4.43 Å². The maximum Gasteiger partial charge on any atom is 0.354 e. The molecule has 3 atom stereocenters. The number of aliphatic carboxylic acids is 1. The first-order valence-corrected chi connectivity index (χ1v) is 14.4. The molecule has 2 aliphatic heterocycles. The van der Waals surface area contributed by atoms with Crippen molar-refractivity contribution in [2.24, 2.45) is 5.92 Å². The van der Waals surface area contributed by atoms with Gasteiger partial charge < -0.3 is 14.1 Å².